The Morgan fingerprint density at radius 2 is 2.15 bits per heavy atom. The molecule has 2 fully saturated rings. The van der Waals surface area contributed by atoms with Gasteiger partial charge in [0.05, 0.1) is 7.11 Å². The Morgan fingerprint density at radius 1 is 1.40 bits per heavy atom. The molecule has 108 valence electrons. The lowest BCUT2D eigenvalue weighted by molar-refractivity contribution is -0.124. The molecule has 0 aromatic heterocycles. The number of benzene rings is 1. The third kappa shape index (κ3) is 2.12. The highest BCUT2D eigenvalue weighted by Crippen LogP contribution is 2.48. The molecule has 1 aromatic carbocycles. The molecular formula is C16H20FNO2. The molecule has 0 amide bonds. The summed E-state index contributed by atoms with van der Waals surface area (Å²) < 4.78 is 19.0. The van der Waals surface area contributed by atoms with Crippen molar-refractivity contribution < 1.29 is 13.9 Å². The predicted molar refractivity (Wildman–Crippen MR) is 74.0 cm³/mol. The van der Waals surface area contributed by atoms with Gasteiger partial charge in [-0.1, -0.05) is 12.1 Å². The Hall–Kier alpha value is -1.42. The van der Waals surface area contributed by atoms with Crippen molar-refractivity contribution in [2.75, 3.05) is 7.11 Å². The fourth-order valence-corrected chi connectivity index (χ4v) is 3.97. The summed E-state index contributed by atoms with van der Waals surface area (Å²) in [7, 11) is 1.43. The first-order valence-corrected chi connectivity index (χ1v) is 7.21. The predicted octanol–water partition coefficient (Wildman–Crippen LogP) is 2.32. The summed E-state index contributed by atoms with van der Waals surface area (Å²) in [5.41, 5.74) is 6.58. The maximum Gasteiger partial charge on any atom is 0.168 e. The van der Waals surface area contributed by atoms with Crippen LogP contribution in [-0.2, 0) is 11.2 Å². The summed E-state index contributed by atoms with van der Waals surface area (Å²) >= 11 is 0. The molecule has 2 aliphatic carbocycles. The minimum atomic E-state index is -0.430. The maximum absolute atomic E-state index is 14.1. The highest BCUT2D eigenvalue weighted by Gasteiger charge is 2.48. The highest BCUT2D eigenvalue weighted by atomic mass is 19.1. The molecule has 0 aliphatic heterocycles. The van der Waals surface area contributed by atoms with Gasteiger partial charge >= 0.3 is 0 Å². The third-order valence-corrected chi connectivity index (χ3v) is 4.98. The van der Waals surface area contributed by atoms with E-state index in [-0.39, 0.29) is 29.9 Å². The van der Waals surface area contributed by atoms with Gasteiger partial charge in [0, 0.05) is 18.4 Å². The van der Waals surface area contributed by atoms with Crippen LogP contribution in [0.4, 0.5) is 4.39 Å². The van der Waals surface area contributed by atoms with Gasteiger partial charge in [0.25, 0.3) is 0 Å². The fraction of sp³-hybridized carbons (Fsp3) is 0.562. The summed E-state index contributed by atoms with van der Waals surface area (Å²) in [5, 5.41) is 0. The zero-order valence-corrected chi connectivity index (χ0v) is 11.6. The van der Waals surface area contributed by atoms with Crippen molar-refractivity contribution in [3.05, 3.63) is 29.6 Å². The van der Waals surface area contributed by atoms with Crippen molar-refractivity contribution in [3.8, 4) is 5.75 Å². The number of Topliss-reactive ketones (excluding diaryl/α,β-unsaturated/α-hetero) is 1. The van der Waals surface area contributed by atoms with Crippen LogP contribution in [0.3, 0.4) is 0 Å². The monoisotopic (exact) mass is 277 g/mol. The van der Waals surface area contributed by atoms with Crippen LogP contribution < -0.4 is 10.5 Å². The first kappa shape index (κ1) is 13.6. The van der Waals surface area contributed by atoms with E-state index in [4.69, 9.17) is 10.5 Å². The van der Waals surface area contributed by atoms with Crippen molar-refractivity contribution in [2.24, 2.45) is 23.5 Å². The van der Waals surface area contributed by atoms with E-state index in [1.54, 1.807) is 18.2 Å². The number of halogens is 1. The van der Waals surface area contributed by atoms with E-state index >= 15 is 0 Å². The van der Waals surface area contributed by atoms with E-state index in [1.165, 1.54) is 7.11 Å². The van der Waals surface area contributed by atoms with Crippen LogP contribution in [0, 0.1) is 23.6 Å². The Labute approximate surface area is 118 Å². The Kier molecular flexibility index (Phi) is 3.50. The van der Waals surface area contributed by atoms with Crippen LogP contribution in [0.25, 0.3) is 0 Å². The molecule has 0 heterocycles. The van der Waals surface area contributed by atoms with Gasteiger partial charge in [-0.2, -0.15) is 0 Å². The van der Waals surface area contributed by atoms with Crippen molar-refractivity contribution in [1.82, 2.24) is 0 Å². The molecule has 1 aromatic rings. The minimum Gasteiger partial charge on any atom is -0.494 e. The average Bonchev–Trinajstić information content (AvgIpc) is 3.01. The number of rotatable bonds is 4. The summed E-state index contributed by atoms with van der Waals surface area (Å²) in [4.78, 5) is 12.5. The molecule has 2 saturated carbocycles. The van der Waals surface area contributed by atoms with Gasteiger partial charge in [-0.3, -0.25) is 4.79 Å². The Morgan fingerprint density at radius 3 is 2.80 bits per heavy atom. The van der Waals surface area contributed by atoms with Gasteiger partial charge in [0.1, 0.15) is 5.78 Å². The molecule has 4 heteroatoms. The van der Waals surface area contributed by atoms with E-state index < -0.39 is 5.82 Å². The van der Waals surface area contributed by atoms with Gasteiger partial charge in [-0.15, -0.1) is 0 Å². The fourth-order valence-electron chi connectivity index (χ4n) is 3.97. The van der Waals surface area contributed by atoms with Gasteiger partial charge in [-0.25, -0.2) is 4.39 Å². The topological polar surface area (TPSA) is 52.3 Å². The average molecular weight is 277 g/mol. The summed E-state index contributed by atoms with van der Waals surface area (Å²) in [6.07, 6.45) is 3.42. The smallest absolute Gasteiger partial charge is 0.168 e. The molecule has 3 rings (SSSR count). The van der Waals surface area contributed by atoms with Gasteiger partial charge in [0.15, 0.2) is 11.6 Å². The second-order valence-corrected chi connectivity index (χ2v) is 6.01. The lowest BCUT2D eigenvalue weighted by Crippen LogP contribution is -2.40. The van der Waals surface area contributed by atoms with E-state index in [9.17, 15) is 9.18 Å². The number of carbonyl (C=O) groups is 1. The Bertz CT molecular complexity index is 529. The molecule has 0 spiro atoms. The lowest BCUT2D eigenvalue weighted by Gasteiger charge is -2.27. The number of fused-ring (bicyclic) bond motifs is 2. The van der Waals surface area contributed by atoms with Crippen molar-refractivity contribution in [2.45, 2.75) is 31.7 Å². The zero-order chi connectivity index (χ0) is 14.3. The molecule has 0 saturated heterocycles. The van der Waals surface area contributed by atoms with E-state index in [0.717, 1.165) is 19.3 Å². The molecule has 2 N–H and O–H groups in total. The minimum absolute atomic E-state index is 0.0325. The molecule has 4 unspecified atom stereocenters. The molecule has 0 radical (unpaired) electrons. The molecule has 3 nitrogen and oxygen atoms in total. The van der Waals surface area contributed by atoms with Crippen LogP contribution in [-0.4, -0.2) is 18.9 Å². The summed E-state index contributed by atoms with van der Waals surface area (Å²) in [6.45, 7) is 0. The SMILES string of the molecule is COc1cccc(CC(=O)C2C3CCC(C3)C2N)c1F. The van der Waals surface area contributed by atoms with Gasteiger partial charge in [0.2, 0.25) is 0 Å². The first-order valence-electron chi connectivity index (χ1n) is 7.21. The van der Waals surface area contributed by atoms with Gasteiger partial charge < -0.3 is 10.5 Å². The zero-order valence-electron chi connectivity index (χ0n) is 11.6. The largest absolute Gasteiger partial charge is 0.494 e. The number of methoxy groups -OCH3 is 1. The van der Waals surface area contributed by atoms with Crippen molar-refractivity contribution in [1.29, 1.82) is 0 Å². The van der Waals surface area contributed by atoms with Crippen LogP contribution in [0.15, 0.2) is 18.2 Å². The van der Waals surface area contributed by atoms with Gasteiger partial charge in [-0.05, 0) is 42.7 Å². The second kappa shape index (κ2) is 5.17. The summed E-state index contributed by atoms with van der Waals surface area (Å²) in [5.74, 6) is 0.657. The normalized spacial score (nSPS) is 31.6. The molecule has 20 heavy (non-hydrogen) atoms. The van der Waals surface area contributed by atoms with Crippen molar-refractivity contribution >= 4 is 5.78 Å². The quantitative estimate of drug-likeness (QED) is 0.919. The number of carbonyl (C=O) groups excluding carboxylic acids is 1. The number of nitrogens with two attached hydrogens (primary N) is 1. The molecular weight excluding hydrogens is 257 g/mol. The third-order valence-electron chi connectivity index (χ3n) is 4.98. The van der Waals surface area contributed by atoms with E-state index in [0.29, 0.717) is 17.4 Å². The number of ketones is 1. The highest BCUT2D eigenvalue weighted by molar-refractivity contribution is 5.85. The standard InChI is InChI=1S/C16H20FNO2/c1-20-13-4-2-3-10(15(13)17)8-12(19)14-9-5-6-11(7-9)16(14)18/h2-4,9,11,14,16H,5-8,18H2,1H3. The first-order chi connectivity index (χ1) is 9.61. The van der Waals surface area contributed by atoms with E-state index in [1.807, 2.05) is 0 Å². The molecule has 4 atom stereocenters. The van der Waals surface area contributed by atoms with Crippen LogP contribution in [0.1, 0.15) is 24.8 Å². The maximum atomic E-state index is 14.1. The lowest BCUT2D eigenvalue weighted by atomic mass is 9.80. The molecule has 2 aliphatic rings. The molecule has 2 bridgehead atoms. The number of ether oxygens (including phenoxy) is 1. The van der Waals surface area contributed by atoms with E-state index in [2.05, 4.69) is 0 Å². The summed E-state index contributed by atoms with van der Waals surface area (Å²) in [6, 6.07) is 4.89. The number of hydrogen-bond donors (Lipinski definition) is 1. The Balaban J connectivity index is 1.77. The second-order valence-electron chi connectivity index (χ2n) is 6.01. The van der Waals surface area contributed by atoms with Crippen molar-refractivity contribution in [3.63, 3.8) is 0 Å². The number of hydrogen-bond acceptors (Lipinski definition) is 3. The van der Waals surface area contributed by atoms with Crippen LogP contribution in [0.2, 0.25) is 0 Å². The van der Waals surface area contributed by atoms with Crippen LogP contribution in [0.5, 0.6) is 5.75 Å². The van der Waals surface area contributed by atoms with Crippen LogP contribution >= 0.6 is 0 Å².